The van der Waals surface area contributed by atoms with Crippen molar-refractivity contribution in [1.29, 1.82) is 0 Å². The Morgan fingerprint density at radius 2 is 1.41 bits per heavy atom. The summed E-state index contributed by atoms with van der Waals surface area (Å²) < 4.78 is 28.5. The van der Waals surface area contributed by atoms with Crippen LogP contribution < -0.4 is 5.32 Å². The molecule has 0 bridgehead atoms. The van der Waals surface area contributed by atoms with E-state index in [1.807, 2.05) is 47.9 Å². The van der Waals surface area contributed by atoms with E-state index in [0.717, 1.165) is 22.6 Å². The number of carbonyl (C=O) groups is 1. The second-order valence-corrected chi connectivity index (χ2v) is 6.67. The van der Waals surface area contributed by atoms with Gasteiger partial charge < -0.3 is 9.88 Å². The molecular formula is C24H18F2N2O. The van der Waals surface area contributed by atoms with Crippen LogP contribution in [0.5, 0.6) is 0 Å². The quantitative estimate of drug-likeness (QED) is 0.458. The van der Waals surface area contributed by atoms with Crippen LogP contribution in [0.4, 0.5) is 14.5 Å². The summed E-state index contributed by atoms with van der Waals surface area (Å²) in [6.07, 6.45) is 0. The Hall–Kier alpha value is -3.73. The van der Waals surface area contributed by atoms with Gasteiger partial charge in [0.15, 0.2) is 0 Å². The van der Waals surface area contributed by atoms with Gasteiger partial charge in [-0.05, 0) is 67.1 Å². The molecule has 0 aliphatic rings. The largest absolute Gasteiger partial charge is 0.322 e. The number of aromatic nitrogens is 1. The summed E-state index contributed by atoms with van der Waals surface area (Å²) in [5.74, 6) is -0.991. The van der Waals surface area contributed by atoms with Crippen LogP contribution in [0, 0.1) is 18.6 Å². The number of nitrogens with zero attached hydrogens (tertiary/aromatic N) is 1. The first kappa shape index (κ1) is 18.6. The maximum atomic E-state index is 13.4. The lowest BCUT2D eigenvalue weighted by Gasteiger charge is -2.12. The maximum absolute atomic E-state index is 13.4. The zero-order valence-electron chi connectivity index (χ0n) is 15.7. The predicted octanol–water partition coefficient (Wildman–Crippen LogP) is 5.98. The third-order valence-corrected chi connectivity index (χ3v) is 4.75. The Balaban J connectivity index is 1.80. The number of amides is 1. The molecule has 5 heteroatoms. The average molecular weight is 388 g/mol. The van der Waals surface area contributed by atoms with Crippen LogP contribution in [0.15, 0.2) is 84.9 Å². The van der Waals surface area contributed by atoms with Crippen molar-refractivity contribution in [2.45, 2.75) is 6.92 Å². The van der Waals surface area contributed by atoms with Crippen LogP contribution in [0.1, 0.15) is 16.1 Å². The van der Waals surface area contributed by atoms with Crippen LogP contribution in [-0.4, -0.2) is 10.5 Å². The third-order valence-electron chi connectivity index (χ3n) is 4.75. The summed E-state index contributed by atoms with van der Waals surface area (Å²) in [6.45, 7) is 1.84. The fourth-order valence-electron chi connectivity index (χ4n) is 3.31. The van der Waals surface area contributed by atoms with Gasteiger partial charge in [0.05, 0.1) is 11.3 Å². The third kappa shape index (κ3) is 3.80. The van der Waals surface area contributed by atoms with Crippen molar-refractivity contribution < 1.29 is 13.6 Å². The molecule has 144 valence electrons. The molecule has 3 aromatic carbocycles. The van der Waals surface area contributed by atoms with Crippen LogP contribution in [-0.2, 0) is 0 Å². The smallest absolute Gasteiger partial charge is 0.257 e. The summed E-state index contributed by atoms with van der Waals surface area (Å²) >= 11 is 0. The Morgan fingerprint density at radius 3 is 2.03 bits per heavy atom. The lowest BCUT2D eigenvalue weighted by Crippen LogP contribution is -2.13. The molecule has 0 radical (unpaired) electrons. The molecule has 0 saturated carbocycles. The molecular weight excluding hydrogens is 370 g/mol. The van der Waals surface area contributed by atoms with Crippen LogP contribution >= 0.6 is 0 Å². The van der Waals surface area contributed by atoms with Gasteiger partial charge in [-0.3, -0.25) is 4.79 Å². The van der Waals surface area contributed by atoms with E-state index in [2.05, 4.69) is 5.32 Å². The van der Waals surface area contributed by atoms with Gasteiger partial charge in [0.25, 0.3) is 5.91 Å². The molecule has 1 amide bonds. The number of benzene rings is 3. The van der Waals surface area contributed by atoms with Gasteiger partial charge >= 0.3 is 0 Å². The lowest BCUT2D eigenvalue weighted by atomic mass is 10.1. The molecule has 1 N–H and O–H groups in total. The van der Waals surface area contributed by atoms with Gasteiger partial charge in [-0.25, -0.2) is 8.78 Å². The highest BCUT2D eigenvalue weighted by Gasteiger charge is 2.20. The summed E-state index contributed by atoms with van der Waals surface area (Å²) in [7, 11) is 0. The molecule has 0 aliphatic heterocycles. The van der Waals surface area contributed by atoms with Crippen LogP contribution in [0.3, 0.4) is 0 Å². The van der Waals surface area contributed by atoms with Gasteiger partial charge in [0.1, 0.15) is 11.6 Å². The molecule has 1 aromatic heterocycles. The van der Waals surface area contributed by atoms with Crippen molar-refractivity contribution in [2.75, 3.05) is 5.32 Å². The number of carbonyl (C=O) groups excluding carboxylic acids is 1. The standard InChI is InChI=1S/C24H18F2N2O/c1-16-22(24(29)27-20-11-7-18(25)8-12-20)15-23(17-5-3-2-4-6-17)28(16)21-13-9-19(26)10-14-21/h2-15H,1H3,(H,27,29). The minimum atomic E-state index is -0.368. The highest BCUT2D eigenvalue weighted by molar-refractivity contribution is 6.06. The normalized spacial score (nSPS) is 10.7. The van der Waals surface area contributed by atoms with E-state index < -0.39 is 0 Å². The maximum Gasteiger partial charge on any atom is 0.257 e. The van der Waals surface area contributed by atoms with E-state index in [4.69, 9.17) is 0 Å². The molecule has 4 rings (SSSR count). The molecule has 3 nitrogen and oxygen atoms in total. The number of anilines is 1. The van der Waals surface area contributed by atoms with Gasteiger partial charge in [0, 0.05) is 17.1 Å². The van der Waals surface area contributed by atoms with Gasteiger partial charge in [-0.15, -0.1) is 0 Å². The predicted molar refractivity (Wildman–Crippen MR) is 110 cm³/mol. The summed E-state index contributed by atoms with van der Waals surface area (Å²) in [5.41, 5.74) is 4.21. The van der Waals surface area contributed by atoms with E-state index in [-0.39, 0.29) is 17.5 Å². The fourth-order valence-corrected chi connectivity index (χ4v) is 3.31. The Kier molecular flexibility index (Phi) is 4.96. The molecule has 0 saturated heterocycles. The first-order chi connectivity index (χ1) is 14.0. The number of hydrogen-bond donors (Lipinski definition) is 1. The first-order valence-corrected chi connectivity index (χ1v) is 9.13. The number of hydrogen-bond acceptors (Lipinski definition) is 1. The fraction of sp³-hybridized carbons (Fsp3) is 0.0417. The van der Waals surface area contributed by atoms with Gasteiger partial charge in [-0.1, -0.05) is 30.3 Å². The highest BCUT2D eigenvalue weighted by atomic mass is 19.1. The zero-order valence-corrected chi connectivity index (χ0v) is 15.7. The molecule has 0 fully saturated rings. The Bertz CT molecular complexity index is 1150. The summed E-state index contributed by atoms with van der Waals surface area (Å²) in [5, 5.41) is 2.80. The number of rotatable bonds is 4. The topological polar surface area (TPSA) is 34.0 Å². The molecule has 0 atom stereocenters. The van der Waals surface area contributed by atoms with Crippen molar-refractivity contribution in [2.24, 2.45) is 0 Å². The van der Waals surface area contributed by atoms with E-state index in [9.17, 15) is 13.6 Å². The van der Waals surface area contributed by atoms with Gasteiger partial charge in [0.2, 0.25) is 0 Å². The number of nitrogens with one attached hydrogen (secondary N) is 1. The molecule has 4 aromatic rings. The van der Waals surface area contributed by atoms with Crippen molar-refractivity contribution in [3.8, 4) is 16.9 Å². The zero-order chi connectivity index (χ0) is 20.4. The van der Waals surface area contributed by atoms with E-state index in [1.54, 1.807) is 12.1 Å². The van der Waals surface area contributed by atoms with E-state index in [1.165, 1.54) is 36.4 Å². The van der Waals surface area contributed by atoms with E-state index in [0.29, 0.717) is 11.3 Å². The summed E-state index contributed by atoms with van der Waals surface area (Å²) in [6, 6.07) is 23.2. The molecule has 0 spiro atoms. The van der Waals surface area contributed by atoms with Crippen LogP contribution in [0.25, 0.3) is 16.9 Å². The Labute approximate surface area is 167 Å². The van der Waals surface area contributed by atoms with Crippen molar-refractivity contribution in [3.63, 3.8) is 0 Å². The van der Waals surface area contributed by atoms with Crippen LogP contribution in [0.2, 0.25) is 0 Å². The molecule has 0 aliphatic carbocycles. The number of halogens is 2. The van der Waals surface area contributed by atoms with E-state index >= 15 is 0 Å². The monoisotopic (exact) mass is 388 g/mol. The minimum absolute atomic E-state index is 0.299. The molecule has 1 heterocycles. The second kappa shape index (κ2) is 7.72. The van der Waals surface area contributed by atoms with Gasteiger partial charge in [-0.2, -0.15) is 0 Å². The minimum Gasteiger partial charge on any atom is -0.322 e. The molecule has 0 unspecified atom stereocenters. The lowest BCUT2D eigenvalue weighted by molar-refractivity contribution is 0.102. The SMILES string of the molecule is Cc1c(C(=O)Nc2ccc(F)cc2)cc(-c2ccccc2)n1-c1ccc(F)cc1. The summed E-state index contributed by atoms with van der Waals surface area (Å²) in [4.78, 5) is 12.9. The van der Waals surface area contributed by atoms with Crippen molar-refractivity contribution in [1.82, 2.24) is 4.57 Å². The van der Waals surface area contributed by atoms with Crippen molar-refractivity contribution in [3.05, 3.63) is 108 Å². The second-order valence-electron chi connectivity index (χ2n) is 6.67. The Morgan fingerprint density at radius 1 is 0.828 bits per heavy atom. The van der Waals surface area contributed by atoms with Crippen molar-refractivity contribution >= 4 is 11.6 Å². The molecule has 29 heavy (non-hydrogen) atoms. The highest BCUT2D eigenvalue weighted by Crippen LogP contribution is 2.30. The first-order valence-electron chi connectivity index (χ1n) is 9.13. The average Bonchev–Trinajstić information content (AvgIpc) is 3.08.